The van der Waals surface area contributed by atoms with E-state index in [0.29, 0.717) is 26.2 Å². The van der Waals surface area contributed by atoms with Crippen molar-refractivity contribution in [2.24, 2.45) is 5.92 Å². The Labute approximate surface area is 171 Å². The quantitative estimate of drug-likeness (QED) is 0.739. The molecule has 1 atom stereocenters. The minimum atomic E-state index is -0.218. The Bertz CT molecular complexity index is 804. The first-order valence-corrected chi connectivity index (χ1v) is 10.8. The molecule has 3 aliphatic heterocycles. The maximum atomic E-state index is 13.0. The highest BCUT2D eigenvalue weighted by molar-refractivity contribution is 5.89. The maximum Gasteiger partial charge on any atom is 0.228 e. The van der Waals surface area contributed by atoms with Gasteiger partial charge < -0.3 is 19.4 Å². The molecular weight excluding hydrogens is 370 g/mol. The van der Waals surface area contributed by atoms with Gasteiger partial charge in [-0.1, -0.05) is 0 Å². The molecule has 5 rings (SSSR count). The van der Waals surface area contributed by atoms with Crippen molar-refractivity contribution in [2.45, 2.75) is 50.6 Å². The number of anilines is 1. The molecule has 0 radical (unpaired) electrons. The van der Waals surface area contributed by atoms with Crippen molar-refractivity contribution in [3.63, 3.8) is 0 Å². The Morgan fingerprint density at radius 1 is 1.17 bits per heavy atom. The van der Waals surface area contributed by atoms with Gasteiger partial charge in [-0.25, -0.2) is 0 Å². The average molecular weight is 399 g/mol. The number of aromatic nitrogens is 2. The van der Waals surface area contributed by atoms with Crippen LogP contribution >= 0.6 is 0 Å². The van der Waals surface area contributed by atoms with E-state index in [2.05, 4.69) is 21.2 Å². The molecule has 29 heavy (non-hydrogen) atoms. The second kappa shape index (κ2) is 7.55. The fourth-order valence-corrected chi connectivity index (χ4v) is 5.07. The van der Waals surface area contributed by atoms with Crippen molar-refractivity contribution in [3.05, 3.63) is 17.3 Å². The number of fused-ring (bicyclic) bond motifs is 1. The topological polar surface area (TPSA) is 78.9 Å². The number of aryl methyl sites for hydroxylation is 2. The SMILES string of the molecule is CN(C(=O)C1CC(=O)N(C2CCOCC2)C1)C1CN(c2cc3c(nn2)CCC3)C1. The van der Waals surface area contributed by atoms with Crippen molar-refractivity contribution in [3.8, 4) is 0 Å². The normalized spacial score (nSPS) is 25.3. The van der Waals surface area contributed by atoms with Gasteiger partial charge in [-0.15, -0.1) is 5.10 Å². The van der Waals surface area contributed by atoms with Crippen LogP contribution in [0, 0.1) is 5.92 Å². The van der Waals surface area contributed by atoms with Crippen LogP contribution in [0.25, 0.3) is 0 Å². The number of hydrogen-bond donors (Lipinski definition) is 0. The van der Waals surface area contributed by atoms with Crippen LogP contribution in [0.1, 0.15) is 36.9 Å². The number of nitrogens with zero attached hydrogens (tertiary/aromatic N) is 5. The summed E-state index contributed by atoms with van der Waals surface area (Å²) in [5, 5.41) is 8.74. The highest BCUT2D eigenvalue weighted by atomic mass is 16.5. The van der Waals surface area contributed by atoms with Crippen molar-refractivity contribution < 1.29 is 14.3 Å². The summed E-state index contributed by atoms with van der Waals surface area (Å²) < 4.78 is 5.40. The van der Waals surface area contributed by atoms with Gasteiger partial charge in [-0.2, -0.15) is 5.10 Å². The molecule has 2 amide bonds. The third kappa shape index (κ3) is 3.47. The lowest BCUT2D eigenvalue weighted by Crippen LogP contribution is -2.61. The molecule has 0 N–H and O–H groups in total. The maximum absolute atomic E-state index is 13.0. The van der Waals surface area contributed by atoms with E-state index in [4.69, 9.17) is 4.74 Å². The molecule has 0 spiro atoms. The third-order valence-corrected chi connectivity index (χ3v) is 7.03. The van der Waals surface area contributed by atoms with E-state index in [9.17, 15) is 9.59 Å². The summed E-state index contributed by atoms with van der Waals surface area (Å²) in [6.45, 7) is 3.52. The van der Waals surface area contributed by atoms with Crippen LogP contribution in [0.4, 0.5) is 5.82 Å². The zero-order valence-corrected chi connectivity index (χ0v) is 17.0. The minimum Gasteiger partial charge on any atom is -0.381 e. The Morgan fingerprint density at radius 3 is 2.76 bits per heavy atom. The first kappa shape index (κ1) is 18.8. The number of rotatable bonds is 4. The van der Waals surface area contributed by atoms with Crippen LogP contribution in [0.3, 0.4) is 0 Å². The number of carbonyl (C=O) groups is 2. The molecule has 8 nitrogen and oxygen atoms in total. The average Bonchev–Trinajstić information content (AvgIpc) is 3.33. The monoisotopic (exact) mass is 399 g/mol. The Morgan fingerprint density at radius 2 is 1.97 bits per heavy atom. The first-order chi connectivity index (χ1) is 14.1. The summed E-state index contributed by atoms with van der Waals surface area (Å²) in [4.78, 5) is 31.5. The van der Waals surface area contributed by atoms with E-state index in [1.165, 1.54) is 12.0 Å². The number of likely N-dealkylation sites (tertiary alicyclic amines) is 1. The second-order valence-corrected chi connectivity index (χ2v) is 8.83. The first-order valence-electron chi connectivity index (χ1n) is 10.8. The molecule has 3 fully saturated rings. The molecule has 1 aromatic rings. The van der Waals surface area contributed by atoms with Gasteiger partial charge in [0.2, 0.25) is 11.8 Å². The largest absolute Gasteiger partial charge is 0.381 e. The predicted molar refractivity (Wildman–Crippen MR) is 106 cm³/mol. The lowest BCUT2D eigenvalue weighted by molar-refractivity contribution is -0.137. The molecule has 8 heteroatoms. The standard InChI is InChI=1S/C21H29N5O3/c1-24(17-12-25(13-17)19-9-14-3-2-4-18(14)22-23-19)21(28)15-10-20(27)26(11-15)16-5-7-29-8-6-16/h9,15-17H,2-8,10-13H2,1H3. The van der Waals surface area contributed by atoms with Crippen molar-refractivity contribution >= 4 is 17.6 Å². The highest BCUT2D eigenvalue weighted by Gasteiger charge is 2.42. The summed E-state index contributed by atoms with van der Waals surface area (Å²) in [5.41, 5.74) is 2.46. The molecule has 4 aliphatic rings. The molecule has 156 valence electrons. The van der Waals surface area contributed by atoms with Gasteiger partial charge in [0, 0.05) is 52.4 Å². The number of likely N-dealkylation sites (N-methyl/N-ethyl adjacent to an activating group) is 1. The van der Waals surface area contributed by atoms with E-state index in [-0.39, 0.29) is 29.8 Å². The number of carbonyl (C=O) groups excluding carboxylic acids is 2. The third-order valence-electron chi connectivity index (χ3n) is 7.03. The number of hydrogen-bond acceptors (Lipinski definition) is 6. The van der Waals surface area contributed by atoms with Gasteiger partial charge in [0.15, 0.2) is 5.82 Å². The summed E-state index contributed by atoms with van der Waals surface area (Å²) in [7, 11) is 1.88. The molecule has 1 aliphatic carbocycles. The molecule has 0 aromatic carbocycles. The predicted octanol–water partition coefficient (Wildman–Crippen LogP) is 0.640. The zero-order chi connectivity index (χ0) is 20.0. The molecular formula is C21H29N5O3. The van der Waals surface area contributed by atoms with Crippen molar-refractivity contribution in [1.29, 1.82) is 0 Å². The number of ether oxygens (including phenoxy) is 1. The van der Waals surface area contributed by atoms with Gasteiger partial charge in [-0.05, 0) is 43.7 Å². The van der Waals surface area contributed by atoms with E-state index in [1.54, 1.807) is 0 Å². The van der Waals surface area contributed by atoms with E-state index in [1.807, 2.05) is 16.8 Å². The van der Waals surface area contributed by atoms with Gasteiger partial charge in [0.1, 0.15) is 0 Å². The smallest absolute Gasteiger partial charge is 0.228 e. The van der Waals surface area contributed by atoms with Crippen LogP contribution in [-0.4, -0.2) is 83.8 Å². The Balaban J connectivity index is 1.16. The molecule has 4 heterocycles. The molecule has 3 saturated heterocycles. The van der Waals surface area contributed by atoms with Crippen LogP contribution in [0.15, 0.2) is 6.07 Å². The number of amides is 2. The Hall–Kier alpha value is -2.22. The molecule has 0 saturated carbocycles. The van der Waals surface area contributed by atoms with Crippen molar-refractivity contribution in [2.75, 3.05) is 44.8 Å². The van der Waals surface area contributed by atoms with Gasteiger partial charge >= 0.3 is 0 Å². The van der Waals surface area contributed by atoms with Crippen molar-refractivity contribution in [1.82, 2.24) is 20.0 Å². The lowest BCUT2D eigenvalue weighted by Gasteiger charge is -2.45. The van der Waals surface area contributed by atoms with Crippen LogP contribution in [-0.2, 0) is 27.2 Å². The van der Waals surface area contributed by atoms with Crippen LogP contribution in [0.5, 0.6) is 0 Å². The van der Waals surface area contributed by atoms with Gasteiger partial charge in [0.05, 0.1) is 17.7 Å². The summed E-state index contributed by atoms with van der Waals surface area (Å²) in [5.74, 6) is 0.915. The fraction of sp³-hybridized carbons (Fsp3) is 0.714. The second-order valence-electron chi connectivity index (χ2n) is 8.83. The van der Waals surface area contributed by atoms with E-state index in [0.717, 1.165) is 50.3 Å². The van der Waals surface area contributed by atoms with Crippen LogP contribution < -0.4 is 4.90 Å². The summed E-state index contributed by atoms with van der Waals surface area (Å²) >= 11 is 0. The summed E-state index contributed by atoms with van der Waals surface area (Å²) in [6.07, 6.45) is 5.38. The minimum absolute atomic E-state index is 0.0950. The lowest BCUT2D eigenvalue weighted by atomic mass is 10.0. The molecule has 0 bridgehead atoms. The van der Waals surface area contributed by atoms with E-state index >= 15 is 0 Å². The van der Waals surface area contributed by atoms with Crippen LogP contribution in [0.2, 0.25) is 0 Å². The zero-order valence-electron chi connectivity index (χ0n) is 17.0. The molecule has 1 aromatic heterocycles. The molecule has 1 unspecified atom stereocenters. The highest BCUT2D eigenvalue weighted by Crippen LogP contribution is 2.29. The Kier molecular flexibility index (Phi) is 4.89. The fourth-order valence-electron chi connectivity index (χ4n) is 5.07. The van der Waals surface area contributed by atoms with E-state index < -0.39 is 0 Å². The summed E-state index contributed by atoms with van der Waals surface area (Å²) in [6, 6.07) is 2.57. The van der Waals surface area contributed by atoms with Gasteiger partial charge in [-0.3, -0.25) is 9.59 Å². The van der Waals surface area contributed by atoms with Gasteiger partial charge in [0.25, 0.3) is 0 Å².